The maximum Gasteiger partial charge on any atom is 0.255 e. The van der Waals surface area contributed by atoms with Crippen LogP contribution in [0.5, 0.6) is 28.7 Å². The Morgan fingerprint density at radius 3 is 1.96 bits per heavy atom. The van der Waals surface area contributed by atoms with Gasteiger partial charge in [0, 0.05) is 23.8 Å². The van der Waals surface area contributed by atoms with E-state index in [2.05, 4.69) is 0 Å². The summed E-state index contributed by atoms with van der Waals surface area (Å²) >= 11 is 0. The van der Waals surface area contributed by atoms with Gasteiger partial charge in [0.15, 0.2) is 23.0 Å². The summed E-state index contributed by atoms with van der Waals surface area (Å²) in [7, 11) is 6.01. The number of pyridine rings is 1. The molecule has 0 spiro atoms. The lowest BCUT2D eigenvalue weighted by molar-refractivity contribution is 0.324. The van der Waals surface area contributed by atoms with Crippen LogP contribution in [0.25, 0.3) is 16.9 Å². The highest BCUT2D eigenvalue weighted by Crippen LogP contribution is 2.40. The third-order valence-corrected chi connectivity index (χ3v) is 4.34. The van der Waals surface area contributed by atoms with Crippen LogP contribution in [-0.4, -0.2) is 38.1 Å². The Hall–Kier alpha value is -3.61. The Bertz CT molecular complexity index is 1030. The highest BCUT2D eigenvalue weighted by molar-refractivity contribution is 5.68. The summed E-state index contributed by atoms with van der Waals surface area (Å²) in [6.45, 7) is 0. The predicted octanol–water partition coefficient (Wildman–Crippen LogP) is 3.24. The van der Waals surface area contributed by atoms with E-state index in [-0.39, 0.29) is 11.3 Å². The Morgan fingerprint density at radius 1 is 0.786 bits per heavy atom. The van der Waals surface area contributed by atoms with E-state index in [4.69, 9.17) is 18.9 Å². The molecule has 1 heterocycles. The molecule has 2 aromatic carbocycles. The topological polar surface area (TPSA) is 79.2 Å². The van der Waals surface area contributed by atoms with Gasteiger partial charge in [-0.2, -0.15) is 0 Å². The Labute approximate surface area is 162 Å². The van der Waals surface area contributed by atoms with E-state index in [0.717, 1.165) is 0 Å². The van der Waals surface area contributed by atoms with E-state index in [9.17, 15) is 9.90 Å². The largest absolute Gasteiger partial charge is 0.504 e. The number of benzene rings is 2. The van der Waals surface area contributed by atoms with E-state index >= 15 is 0 Å². The molecule has 0 amide bonds. The fourth-order valence-corrected chi connectivity index (χ4v) is 3.03. The van der Waals surface area contributed by atoms with E-state index < -0.39 is 0 Å². The Morgan fingerprint density at radius 2 is 1.43 bits per heavy atom. The van der Waals surface area contributed by atoms with Gasteiger partial charge in [-0.05, 0) is 24.3 Å². The summed E-state index contributed by atoms with van der Waals surface area (Å²) < 4.78 is 22.7. The molecular weight excluding hydrogens is 362 g/mol. The second kappa shape index (κ2) is 7.96. The lowest BCUT2D eigenvalue weighted by Crippen LogP contribution is -2.19. The minimum atomic E-state index is -0.248. The zero-order valence-corrected chi connectivity index (χ0v) is 16.1. The maximum absolute atomic E-state index is 12.7. The van der Waals surface area contributed by atoms with Crippen molar-refractivity contribution in [2.24, 2.45) is 0 Å². The smallest absolute Gasteiger partial charge is 0.255 e. The normalized spacial score (nSPS) is 10.4. The number of hydrogen-bond acceptors (Lipinski definition) is 6. The van der Waals surface area contributed by atoms with Crippen molar-refractivity contribution in [1.29, 1.82) is 0 Å². The fourth-order valence-electron chi connectivity index (χ4n) is 3.03. The maximum atomic E-state index is 12.7. The standard InChI is InChI=1S/C21H21NO6/c1-25-17-9-8-13(10-16(17)23)15-6-5-7-20(24)22(15)14-11-18(26-2)21(28-4)19(12-14)27-3/h5-12,23H,1-4H3. The summed E-state index contributed by atoms with van der Waals surface area (Å²) in [6, 6.07) is 13.2. The molecule has 7 nitrogen and oxygen atoms in total. The molecule has 0 bridgehead atoms. The van der Waals surface area contributed by atoms with Gasteiger partial charge in [-0.3, -0.25) is 9.36 Å². The molecule has 0 aliphatic heterocycles. The molecule has 0 saturated carbocycles. The van der Waals surface area contributed by atoms with Crippen molar-refractivity contribution in [1.82, 2.24) is 4.57 Å². The van der Waals surface area contributed by atoms with Gasteiger partial charge < -0.3 is 24.1 Å². The number of phenolic OH excluding ortho intramolecular Hbond substituents is 1. The Balaban J connectivity index is 2.27. The van der Waals surface area contributed by atoms with E-state index in [1.54, 1.807) is 42.5 Å². The SMILES string of the molecule is COc1ccc(-c2cccc(=O)n2-c2cc(OC)c(OC)c(OC)c2)cc1O. The highest BCUT2D eigenvalue weighted by Gasteiger charge is 2.17. The number of aromatic nitrogens is 1. The summed E-state index contributed by atoms with van der Waals surface area (Å²) in [4.78, 5) is 12.7. The van der Waals surface area contributed by atoms with Gasteiger partial charge in [0.25, 0.3) is 5.56 Å². The molecule has 0 unspecified atom stereocenters. The van der Waals surface area contributed by atoms with E-state index in [1.807, 2.05) is 0 Å². The first-order chi connectivity index (χ1) is 13.5. The van der Waals surface area contributed by atoms with Crippen molar-refractivity contribution in [3.8, 4) is 45.7 Å². The van der Waals surface area contributed by atoms with Crippen LogP contribution in [0.3, 0.4) is 0 Å². The van der Waals surface area contributed by atoms with Gasteiger partial charge in [0.2, 0.25) is 5.75 Å². The molecular formula is C21H21NO6. The van der Waals surface area contributed by atoms with Crippen molar-refractivity contribution in [3.05, 3.63) is 58.9 Å². The molecule has 3 rings (SSSR count). The van der Waals surface area contributed by atoms with Crippen LogP contribution in [-0.2, 0) is 0 Å². The van der Waals surface area contributed by atoms with Crippen LogP contribution in [0.1, 0.15) is 0 Å². The number of nitrogens with zero attached hydrogens (tertiary/aromatic N) is 1. The first-order valence-electron chi connectivity index (χ1n) is 8.43. The van der Waals surface area contributed by atoms with E-state index in [1.165, 1.54) is 39.1 Å². The van der Waals surface area contributed by atoms with Crippen LogP contribution < -0.4 is 24.5 Å². The van der Waals surface area contributed by atoms with Gasteiger partial charge in [-0.1, -0.05) is 6.07 Å². The summed E-state index contributed by atoms with van der Waals surface area (Å²) in [5, 5.41) is 10.1. The van der Waals surface area contributed by atoms with Crippen molar-refractivity contribution in [3.63, 3.8) is 0 Å². The number of hydrogen-bond donors (Lipinski definition) is 1. The molecule has 1 aromatic heterocycles. The number of phenols is 1. The van der Waals surface area contributed by atoms with Gasteiger partial charge >= 0.3 is 0 Å². The molecule has 1 N–H and O–H groups in total. The molecule has 0 aliphatic carbocycles. The van der Waals surface area contributed by atoms with Crippen molar-refractivity contribution < 1.29 is 24.1 Å². The van der Waals surface area contributed by atoms with Crippen LogP contribution in [0.2, 0.25) is 0 Å². The second-order valence-corrected chi connectivity index (χ2v) is 5.85. The van der Waals surface area contributed by atoms with E-state index in [0.29, 0.717) is 39.9 Å². The van der Waals surface area contributed by atoms with Gasteiger partial charge in [0.1, 0.15) is 0 Å². The van der Waals surface area contributed by atoms with Crippen LogP contribution in [0, 0.1) is 0 Å². The quantitative estimate of drug-likeness (QED) is 0.704. The van der Waals surface area contributed by atoms with Gasteiger partial charge in [-0.15, -0.1) is 0 Å². The summed E-state index contributed by atoms with van der Waals surface area (Å²) in [5.74, 6) is 1.61. The fraction of sp³-hybridized carbons (Fsp3) is 0.190. The average Bonchev–Trinajstić information content (AvgIpc) is 2.72. The third kappa shape index (κ3) is 3.34. The minimum Gasteiger partial charge on any atom is -0.504 e. The number of methoxy groups -OCH3 is 4. The first kappa shape index (κ1) is 19.2. The molecule has 0 aliphatic rings. The number of aromatic hydroxyl groups is 1. The van der Waals surface area contributed by atoms with Crippen LogP contribution in [0.4, 0.5) is 0 Å². The zero-order chi connectivity index (χ0) is 20.3. The molecule has 0 saturated heterocycles. The molecule has 0 atom stereocenters. The van der Waals surface area contributed by atoms with Crippen molar-refractivity contribution >= 4 is 0 Å². The van der Waals surface area contributed by atoms with Gasteiger partial charge in [0.05, 0.1) is 39.8 Å². The second-order valence-electron chi connectivity index (χ2n) is 5.85. The molecule has 0 radical (unpaired) electrons. The molecule has 146 valence electrons. The molecule has 7 heteroatoms. The zero-order valence-electron chi connectivity index (χ0n) is 16.1. The van der Waals surface area contributed by atoms with Gasteiger partial charge in [-0.25, -0.2) is 0 Å². The Kier molecular flexibility index (Phi) is 5.44. The lowest BCUT2D eigenvalue weighted by Gasteiger charge is -2.18. The highest BCUT2D eigenvalue weighted by atomic mass is 16.5. The molecule has 3 aromatic rings. The van der Waals surface area contributed by atoms with Crippen LogP contribution >= 0.6 is 0 Å². The molecule has 28 heavy (non-hydrogen) atoms. The van der Waals surface area contributed by atoms with Crippen LogP contribution in [0.15, 0.2) is 53.3 Å². The van der Waals surface area contributed by atoms with Crippen molar-refractivity contribution in [2.75, 3.05) is 28.4 Å². The number of rotatable bonds is 6. The molecule has 0 fully saturated rings. The average molecular weight is 383 g/mol. The van der Waals surface area contributed by atoms with Crippen molar-refractivity contribution in [2.45, 2.75) is 0 Å². The number of ether oxygens (including phenoxy) is 4. The minimum absolute atomic E-state index is 0.0206. The summed E-state index contributed by atoms with van der Waals surface area (Å²) in [6.07, 6.45) is 0. The lowest BCUT2D eigenvalue weighted by atomic mass is 10.1. The summed E-state index contributed by atoms with van der Waals surface area (Å²) in [5.41, 5.74) is 1.51. The first-order valence-corrected chi connectivity index (χ1v) is 8.43. The predicted molar refractivity (Wildman–Crippen MR) is 105 cm³/mol. The third-order valence-electron chi connectivity index (χ3n) is 4.34. The monoisotopic (exact) mass is 383 g/mol.